The van der Waals surface area contributed by atoms with Crippen molar-refractivity contribution in [3.8, 4) is 0 Å². The number of aryl methyl sites for hydroxylation is 3. The highest BCUT2D eigenvalue weighted by Crippen LogP contribution is 2.23. The van der Waals surface area contributed by atoms with E-state index in [0.717, 1.165) is 28.6 Å². The fourth-order valence-electron chi connectivity index (χ4n) is 2.15. The van der Waals surface area contributed by atoms with Gasteiger partial charge in [-0.3, -0.25) is 4.79 Å². The predicted octanol–water partition coefficient (Wildman–Crippen LogP) is 3.90. The van der Waals surface area contributed by atoms with Crippen LogP contribution in [-0.4, -0.2) is 15.3 Å². The molecule has 0 fully saturated rings. The number of rotatable bonds is 4. The zero-order chi connectivity index (χ0) is 14.0. The molecule has 0 amide bonds. The van der Waals surface area contributed by atoms with Crippen LogP contribution >= 0.6 is 15.9 Å². The number of ketones is 1. The van der Waals surface area contributed by atoms with Crippen LogP contribution in [0.1, 0.15) is 40.7 Å². The average molecular weight is 321 g/mol. The van der Waals surface area contributed by atoms with E-state index < -0.39 is 0 Å². The lowest BCUT2D eigenvalue weighted by Gasteiger charge is -2.08. The molecule has 1 heterocycles. The van der Waals surface area contributed by atoms with Gasteiger partial charge in [0, 0.05) is 29.0 Å². The van der Waals surface area contributed by atoms with E-state index in [9.17, 15) is 4.79 Å². The normalized spacial score (nSPS) is 10.7. The zero-order valence-corrected chi connectivity index (χ0v) is 13.0. The first-order valence-corrected chi connectivity index (χ1v) is 7.16. The van der Waals surface area contributed by atoms with E-state index in [1.165, 1.54) is 0 Å². The molecule has 3 nitrogen and oxygen atoms in total. The van der Waals surface area contributed by atoms with Crippen LogP contribution in [0, 0.1) is 13.8 Å². The Kier molecular flexibility index (Phi) is 4.20. The second-order valence-electron chi connectivity index (χ2n) is 4.70. The summed E-state index contributed by atoms with van der Waals surface area (Å²) in [4.78, 5) is 16.7. The second kappa shape index (κ2) is 5.70. The SMILES string of the molecule is CCCn1ccnc1C(=O)c1cc(C)c(Br)c(C)c1. The fourth-order valence-corrected chi connectivity index (χ4v) is 2.37. The summed E-state index contributed by atoms with van der Waals surface area (Å²) in [6, 6.07) is 3.81. The Morgan fingerprint density at radius 1 is 1.32 bits per heavy atom. The van der Waals surface area contributed by atoms with Gasteiger partial charge in [0.1, 0.15) is 0 Å². The van der Waals surface area contributed by atoms with E-state index in [1.807, 2.05) is 36.7 Å². The molecule has 2 rings (SSSR count). The van der Waals surface area contributed by atoms with Gasteiger partial charge >= 0.3 is 0 Å². The molecule has 0 bridgehead atoms. The van der Waals surface area contributed by atoms with Crippen molar-refractivity contribution < 1.29 is 4.79 Å². The number of hydrogen-bond donors (Lipinski definition) is 0. The van der Waals surface area contributed by atoms with E-state index in [2.05, 4.69) is 27.8 Å². The predicted molar refractivity (Wildman–Crippen MR) is 79.6 cm³/mol. The first-order valence-electron chi connectivity index (χ1n) is 6.37. The van der Waals surface area contributed by atoms with Gasteiger partial charge in [0.05, 0.1) is 0 Å². The second-order valence-corrected chi connectivity index (χ2v) is 5.49. The molecule has 19 heavy (non-hydrogen) atoms. The van der Waals surface area contributed by atoms with Crippen molar-refractivity contribution in [2.24, 2.45) is 0 Å². The molecule has 4 heteroatoms. The highest BCUT2D eigenvalue weighted by atomic mass is 79.9. The maximum Gasteiger partial charge on any atom is 0.228 e. The summed E-state index contributed by atoms with van der Waals surface area (Å²) in [6.07, 6.45) is 4.52. The maximum absolute atomic E-state index is 12.5. The topological polar surface area (TPSA) is 34.9 Å². The quantitative estimate of drug-likeness (QED) is 0.801. The first kappa shape index (κ1) is 14.0. The number of carbonyl (C=O) groups is 1. The van der Waals surface area contributed by atoms with Gasteiger partial charge in [0.2, 0.25) is 5.78 Å². The number of halogens is 1. The summed E-state index contributed by atoms with van der Waals surface area (Å²) in [7, 11) is 0. The van der Waals surface area contributed by atoms with Gasteiger partial charge in [0.15, 0.2) is 5.82 Å². The van der Waals surface area contributed by atoms with Crippen LogP contribution in [-0.2, 0) is 6.54 Å². The summed E-state index contributed by atoms with van der Waals surface area (Å²) < 4.78 is 2.97. The number of imidazole rings is 1. The van der Waals surface area contributed by atoms with Crippen molar-refractivity contribution in [2.45, 2.75) is 33.7 Å². The molecule has 100 valence electrons. The maximum atomic E-state index is 12.5. The van der Waals surface area contributed by atoms with E-state index in [4.69, 9.17) is 0 Å². The minimum absolute atomic E-state index is 0.0165. The Morgan fingerprint density at radius 3 is 2.53 bits per heavy atom. The monoisotopic (exact) mass is 320 g/mol. The van der Waals surface area contributed by atoms with Crippen molar-refractivity contribution in [1.82, 2.24) is 9.55 Å². The molecular formula is C15H17BrN2O. The number of carbonyl (C=O) groups excluding carboxylic acids is 1. The Bertz CT molecular complexity index is 593. The summed E-state index contributed by atoms with van der Waals surface area (Å²) in [6.45, 7) is 6.89. The average Bonchev–Trinajstić information content (AvgIpc) is 2.83. The Hall–Kier alpha value is -1.42. The molecule has 0 unspecified atom stereocenters. The minimum Gasteiger partial charge on any atom is -0.328 e. The van der Waals surface area contributed by atoms with Crippen molar-refractivity contribution in [3.63, 3.8) is 0 Å². The number of nitrogens with zero attached hydrogens (tertiary/aromatic N) is 2. The van der Waals surface area contributed by atoms with Gasteiger partial charge in [-0.1, -0.05) is 22.9 Å². The lowest BCUT2D eigenvalue weighted by atomic mass is 10.0. The first-order chi connectivity index (χ1) is 9.04. The Labute approximate surface area is 121 Å². The lowest BCUT2D eigenvalue weighted by Crippen LogP contribution is -2.11. The van der Waals surface area contributed by atoms with Crippen molar-refractivity contribution in [3.05, 3.63) is 51.5 Å². The van der Waals surface area contributed by atoms with Gasteiger partial charge in [-0.2, -0.15) is 0 Å². The molecule has 0 radical (unpaired) electrons. The van der Waals surface area contributed by atoms with Crippen LogP contribution in [0.2, 0.25) is 0 Å². The molecule has 0 aliphatic carbocycles. The molecule has 1 aromatic heterocycles. The number of benzene rings is 1. The summed E-state index contributed by atoms with van der Waals surface area (Å²) >= 11 is 3.52. The molecule has 0 aliphatic rings. The lowest BCUT2D eigenvalue weighted by molar-refractivity contribution is 0.102. The molecule has 0 aliphatic heterocycles. The fraction of sp³-hybridized carbons (Fsp3) is 0.333. The van der Waals surface area contributed by atoms with Gasteiger partial charge < -0.3 is 4.57 Å². The van der Waals surface area contributed by atoms with Crippen LogP contribution in [0.15, 0.2) is 29.0 Å². The number of hydrogen-bond acceptors (Lipinski definition) is 2. The van der Waals surface area contributed by atoms with E-state index >= 15 is 0 Å². The van der Waals surface area contributed by atoms with E-state index in [-0.39, 0.29) is 5.78 Å². The molecule has 0 atom stereocenters. The van der Waals surface area contributed by atoms with Crippen molar-refractivity contribution >= 4 is 21.7 Å². The molecule has 0 N–H and O–H groups in total. The number of aromatic nitrogens is 2. The third-order valence-electron chi connectivity index (χ3n) is 3.08. The van der Waals surface area contributed by atoms with E-state index in [1.54, 1.807) is 6.20 Å². The molecule has 0 spiro atoms. The van der Waals surface area contributed by atoms with Crippen molar-refractivity contribution in [1.29, 1.82) is 0 Å². The van der Waals surface area contributed by atoms with Crippen LogP contribution in [0.5, 0.6) is 0 Å². The van der Waals surface area contributed by atoms with E-state index in [0.29, 0.717) is 11.4 Å². The molecular weight excluding hydrogens is 304 g/mol. The van der Waals surface area contributed by atoms with Crippen LogP contribution in [0.25, 0.3) is 0 Å². The van der Waals surface area contributed by atoms with Crippen molar-refractivity contribution in [2.75, 3.05) is 0 Å². The molecule has 2 aromatic rings. The van der Waals surface area contributed by atoms with Gasteiger partial charge in [-0.05, 0) is 43.5 Å². The standard InChI is InChI=1S/C15H17BrN2O/c1-4-6-18-7-5-17-15(18)14(19)12-8-10(2)13(16)11(3)9-12/h5,7-9H,4,6H2,1-3H3. The van der Waals surface area contributed by atoms with Gasteiger partial charge in [0.25, 0.3) is 0 Å². The highest BCUT2D eigenvalue weighted by molar-refractivity contribution is 9.10. The summed E-state index contributed by atoms with van der Waals surface area (Å²) in [5.41, 5.74) is 2.83. The van der Waals surface area contributed by atoms with Crippen LogP contribution in [0.3, 0.4) is 0 Å². The molecule has 1 aromatic carbocycles. The highest BCUT2D eigenvalue weighted by Gasteiger charge is 2.16. The Morgan fingerprint density at radius 2 is 1.95 bits per heavy atom. The third kappa shape index (κ3) is 2.78. The smallest absolute Gasteiger partial charge is 0.228 e. The molecule has 0 saturated carbocycles. The van der Waals surface area contributed by atoms with Crippen LogP contribution in [0.4, 0.5) is 0 Å². The largest absolute Gasteiger partial charge is 0.328 e. The minimum atomic E-state index is -0.0165. The third-order valence-corrected chi connectivity index (χ3v) is 4.33. The molecule has 0 saturated heterocycles. The summed E-state index contributed by atoms with van der Waals surface area (Å²) in [5.74, 6) is 0.500. The van der Waals surface area contributed by atoms with Gasteiger partial charge in [-0.15, -0.1) is 0 Å². The Balaban J connectivity index is 2.41. The summed E-state index contributed by atoms with van der Waals surface area (Å²) in [5, 5.41) is 0. The van der Waals surface area contributed by atoms with Gasteiger partial charge in [-0.25, -0.2) is 4.98 Å². The zero-order valence-electron chi connectivity index (χ0n) is 11.4. The van der Waals surface area contributed by atoms with Crippen LogP contribution < -0.4 is 0 Å².